The van der Waals surface area contributed by atoms with Crippen molar-refractivity contribution in [1.29, 1.82) is 0 Å². The molecule has 0 amide bonds. The molecule has 0 radical (unpaired) electrons. The summed E-state index contributed by atoms with van der Waals surface area (Å²) in [6.45, 7) is 9.08. The van der Waals surface area contributed by atoms with Crippen molar-refractivity contribution in [1.82, 2.24) is 5.32 Å². The van der Waals surface area contributed by atoms with E-state index in [1.807, 2.05) is 0 Å². The van der Waals surface area contributed by atoms with E-state index in [1.54, 1.807) is 0 Å². The van der Waals surface area contributed by atoms with Crippen molar-refractivity contribution in [3.8, 4) is 0 Å². The van der Waals surface area contributed by atoms with Gasteiger partial charge in [-0.15, -0.1) is 0 Å². The first-order chi connectivity index (χ1) is 8.98. The van der Waals surface area contributed by atoms with Gasteiger partial charge >= 0.3 is 0 Å². The molecule has 0 aromatic carbocycles. The lowest BCUT2D eigenvalue weighted by molar-refractivity contribution is -0.117. The molecule has 0 spiro atoms. The molecular formula is C18H31N. The van der Waals surface area contributed by atoms with E-state index in [0.717, 1.165) is 18.3 Å². The molecule has 0 aliphatic heterocycles. The molecule has 1 nitrogen and oxygen atoms in total. The predicted molar refractivity (Wildman–Crippen MR) is 82.1 cm³/mol. The predicted octanol–water partition coefficient (Wildman–Crippen LogP) is 4.54. The van der Waals surface area contributed by atoms with Crippen molar-refractivity contribution in [2.24, 2.45) is 22.7 Å². The fourth-order valence-corrected chi connectivity index (χ4v) is 6.26. The summed E-state index contributed by atoms with van der Waals surface area (Å²) >= 11 is 0. The first-order valence-electron chi connectivity index (χ1n) is 8.32. The van der Waals surface area contributed by atoms with E-state index in [9.17, 15) is 0 Å². The summed E-state index contributed by atoms with van der Waals surface area (Å²) < 4.78 is 0. The summed E-state index contributed by atoms with van der Waals surface area (Å²) in [6.07, 6.45) is 11.3. The third-order valence-electron chi connectivity index (χ3n) is 6.48. The Morgan fingerprint density at radius 2 is 1.89 bits per heavy atom. The first kappa shape index (κ1) is 13.7. The SMILES string of the molecule is C=C(CC)CC(NC)C12CC3CC(CC(C)(C3)C1)C2. The highest BCUT2D eigenvalue weighted by molar-refractivity contribution is 5.12. The fourth-order valence-electron chi connectivity index (χ4n) is 6.26. The molecule has 4 aliphatic carbocycles. The molecule has 0 saturated heterocycles. The summed E-state index contributed by atoms with van der Waals surface area (Å²) in [6, 6.07) is 0.671. The fraction of sp³-hybridized carbons (Fsp3) is 0.889. The Labute approximate surface area is 119 Å². The van der Waals surface area contributed by atoms with Crippen LogP contribution in [0.5, 0.6) is 0 Å². The smallest absolute Gasteiger partial charge is 0.0158 e. The highest BCUT2D eigenvalue weighted by atomic mass is 14.9. The van der Waals surface area contributed by atoms with Crippen LogP contribution in [0.3, 0.4) is 0 Å². The Kier molecular flexibility index (Phi) is 3.32. The van der Waals surface area contributed by atoms with Gasteiger partial charge in [-0.1, -0.05) is 26.0 Å². The number of rotatable bonds is 5. The van der Waals surface area contributed by atoms with Crippen molar-refractivity contribution in [2.45, 2.75) is 71.3 Å². The van der Waals surface area contributed by atoms with Crippen LogP contribution in [0.2, 0.25) is 0 Å². The van der Waals surface area contributed by atoms with Crippen LogP contribution in [-0.4, -0.2) is 13.1 Å². The van der Waals surface area contributed by atoms with Gasteiger partial charge in [0.05, 0.1) is 0 Å². The molecule has 0 aromatic heterocycles. The van der Waals surface area contributed by atoms with E-state index >= 15 is 0 Å². The van der Waals surface area contributed by atoms with Crippen molar-refractivity contribution >= 4 is 0 Å². The minimum Gasteiger partial charge on any atom is -0.316 e. The minimum atomic E-state index is 0.589. The van der Waals surface area contributed by atoms with Crippen molar-refractivity contribution in [3.63, 3.8) is 0 Å². The molecule has 0 aromatic rings. The van der Waals surface area contributed by atoms with Gasteiger partial charge in [0.1, 0.15) is 0 Å². The molecule has 4 aliphatic rings. The highest BCUT2D eigenvalue weighted by Gasteiger charge is 2.57. The van der Waals surface area contributed by atoms with Crippen LogP contribution in [0, 0.1) is 22.7 Å². The molecule has 4 bridgehead atoms. The quantitative estimate of drug-likeness (QED) is 0.717. The monoisotopic (exact) mass is 261 g/mol. The molecule has 0 heterocycles. The number of hydrogen-bond donors (Lipinski definition) is 1. The molecule has 1 heteroatoms. The molecule has 4 fully saturated rings. The molecule has 4 rings (SSSR count). The molecule has 4 saturated carbocycles. The van der Waals surface area contributed by atoms with Gasteiger partial charge < -0.3 is 5.32 Å². The van der Waals surface area contributed by atoms with Crippen LogP contribution in [-0.2, 0) is 0 Å². The van der Waals surface area contributed by atoms with Gasteiger partial charge in [0, 0.05) is 6.04 Å². The lowest BCUT2D eigenvalue weighted by atomic mass is 9.43. The molecule has 3 unspecified atom stereocenters. The van der Waals surface area contributed by atoms with E-state index in [2.05, 4.69) is 32.8 Å². The van der Waals surface area contributed by atoms with E-state index in [4.69, 9.17) is 0 Å². The van der Waals surface area contributed by atoms with Crippen LogP contribution in [0.25, 0.3) is 0 Å². The average Bonchev–Trinajstić information content (AvgIpc) is 2.32. The minimum absolute atomic E-state index is 0.589. The zero-order valence-corrected chi connectivity index (χ0v) is 13.1. The average molecular weight is 261 g/mol. The second-order valence-electron chi connectivity index (χ2n) is 8.28. The van der Waals surface area contributed by atoms with Crippen molar-refractivity contribution in [2.75, 3.05) is 7.05 Å². The highest BCUT2D eigenvalue weighted by Crippen LogP contribution is 2.66. The van der Waals surface area contributed by atoms with E-state index < -0.39 is 0 Å². The molecule has 1 N–H and O–H groups in total. The maximum absolute atomic E-state index is 4.27. The lowest BCUT2D eigenvalue weighted by Crippen LogP contribution is -2.58. The topological polar surface area (TPSA) is 12.0 Å². The molecule has 108 valence electrons. The Balaban J connectivity index is 1.83. The Morgan fingerprint density at radius 1 is 1.26 bits per heavy atom. The molecule has 19 heavy (non-hydrogen) atoms. The number of hydrogen-bond acceptors (Lipinski definition) is 1. The molecule has 3 atom stereocenters. The maximum Gasteiger partial charge on any atom is 0.0158 e. The Bertz CT molecular complexity index is 356. The largest absolute Gasteiger partial charge is 0.316 e. The standard InChI is InChI=1S/C18H31N/c1-5-13(2)6-16(19-4)18-10-14-7-15(11-18)9-17(3,8-14)12-18/h14-16,19H,2,5-12H2,1,3-4H3. The zero-order valence-electron chi connectivity index (χ0n) is 13.1. The number of nitrogens with one attached hydrogen (secondary N) is 1. The summed E-state index contributed by atoms with van der Waals surface area (Å²) in [7, 11) is 2.18. The van der Waals surface area contributed by atoms with Gasteiger partial charge in [0.2, 0.25) is 0 Å². The summed E-state index contributed by atoms with van der Waals surface area (Å²) in [5.74, 6) is 2.05. The normalized spacial score (nSPS) is 45.4. The van der Waals surface area contributed by atoms with E-state index in [0.29, 0.717) is 16.9 Å². The van der Waals surface area contributed by atoms with Crippen molar-refractivity contribution in [3.05, 3.63) is 12.2 Å². The zero-order chi connectivity index (χ0) is 13.7. The van der Waals surface area contributed by atoms with Gasteiger partial charge in [-0.3, -0.25) is 0 Å². The van der Waals surface area contributed by atoms with Crippen LogP contribution in [0.1, 0.15) is 65.2 Å². The molecular weight excluding hydrogens is 230 g/mol. The van der Waals surface area contributed by atoms with Crippen LogP contribution in [0.4, 0.5) is 0 Å². The lowest BCUT2D eigenvalue weighted by Gasteiger charge is -2.63. The van der Waals surface area contributed by atoms with E-state index in [-0.39, 0.29) is 0 Å². The second kappa shape index (κ2) is 4.62. The van der Waals surface area contributed by atoms with Crippen LogP contribution >= 0.6 is 0 Å². The maximum atomic E-state index is 4.27. The van der Waals surface area contributed by atoms with Crippen molar-refractivity contribution < 1.29 is 0 Å². The summed E-state index contributed by atoms with van der Waals surface area (Å²) in [4.78, 5) is 0. The van der Waals surface area contributed by atoms with Crippen LogP contribution < -0.4 is 5.32 Å². The Hall–Kier alpha value is -0.300. The van der Waals surface area contributed by atoms with Crippen LogP contribution in [0.15, 0.2) is 12.2 Å². The van der Waals surface area contributed by atoms with Gasteiger partial charge in [0.15, 0.2) is 0 Å². The summed E-state index contributed by atoms with van der Waals surface area (Å²) in [5, 5.41) is 3.68. The summed E-state index contributed by atoms with van der Waals surface area (Å²) in [5.41, 5.74) is 2.68. The van der Waals surface area contributed by atoms with E-state index in [1.165, 1.54) is 50.5 Å². The van der Waals surface area contributed by atoms with Gasteiger partial charge in [-0.05, 0) is 81.1 Å². The van der Waals surface area contributed by atoms with Gasteiger partial charge in [-0.25, -0.2) is 0 Å². The van der Waals surface area contributed by atoms with Gasteiger partial charge in [-0.2, -0.15) is 0 Å². The Morgan fingerprint density at radius 3 is 2.37 bits per heavy atom. The second-order valence-corrected chi connectivity index (χ2v) is 8.28. The third kappa shape index (κ3) is 2.28. The van der Waals surface area contributed by atoms with Gasteiger partial charge in [0.25, 0.3) is 0 Å². The third-order valence-corrected chi connectivity index (χ3v) is 6.48. The first-order valence-corrected chi connectivity index (χ1v) is 8.32.